The number of carbonyl (C=O) groups excluding carboxylic acids is 1. The summed E-state index contributed by atoms with van der Waals surface area (Å²) in [5, 5.41) is 3.55. The molecule has 116 valence electrons. The molecule has 1 fully saturated rings. The number of benzene rings is 1. The van der Waals surface area contributed by atoms with E-state index in [4.69, 9.17) is 5.73 Å². The molecule has 0 aromatic heterocycles. The van der Waals surface area contributed by atoms with Crippen LogP contribution in [-0.2, 0) is 4.79 Å². The van der Waals surface area contributed by atoms with E-state index in [2.05, 4.69) is 39.1 Å². The molecule has 3 unspecified atom stereocenters. The quantitative estimate of drug-likeness (QED) is 0.887. The zero-order valence-corrected chi connectivity index (χ0v) is 13.6. The first-order chi connectivity index (χ1) is 9.86. The molecular weight excluding hydrogens is 260 g/mol. The van der Waals surface area contributed by atoms with Crippen LogP contribution >= 0.6 is 0 Å². The number of primary amides is 1. The Balaban J connectivity index is 2.42. The van der Waals surface area contributed by atoms with Crippen molar-refractivity contribution in [3.63, 3.8) is 0 Å². The van der Waals surface area contributed by atoms with Gasteiger partial charge in [0.15, 0.2) is 0 Å². The van der Waals surface area contributed by atoms with Crippen LogP contribution in [-0.4, -0.2) is 11.4 Å². The molecule has 0 bridgehead atoms. The molecule has 3 heteroatoms. The van der Waals surface area contributed by atoms with Gasteiger partial charge in [0, 0.05) is 5.69 Å². The molecule has 1 aliphatic rings. The zero-order chi connectivity index (χ0) is 15.6. The van der Waals surface area contributed by atoms with Gasteiger partial charge in [-0.15, -0.1) is 0 Å². The lowest BCUT2D eigenvalue weighted by molar-refractivity contribution is -0.126. The molecule has 3 atom stereocenters. The van der Waals surface area contributed by atoms with Gasteiger partial charge in [0.05, 0.1) is 0 Å². The van der Waals surface area contributed by atoms with Crippen molar-refractivity contribution in [2.75, 3.05) is 5.32 Å². The van der Waals surface area contributed by atoms with Gasteiger partial charge in [-0.1, -0.05) is 45.4 Å². The van der Waals surface area contributed by atoms with Crippen molar-refractivity contribution < 1.29 is 4.79 Å². The molecule has 0 radical (unpaired) electrons. The lowest BCUT2D eigenvalue weighted by Gasteiger charge is -2.47. The van der Waals surface area contributed by atoms with Gasteiger partial charge in [-0.3, -0.25) is 4.79 Å². The number of rotatable bonds is 4. The van der Waals surface area contributed by atoms with Gasteiger partial charge in [-0.2, -0.15) is 0 Å². The minimum Gasteiger partial charge on any atom is -0.371 e. The van der Waals surface area contributed by atoms with Crippen molar-refractivity contribution in [1.29, 1.82) is 0 Å². The predicted octanol–water partition coefficient (Wildman–Crippen LogP) is 3.72. The second-order valence-corrected chi connectivity index (χ2v) is 7.01. The van der Waals surface area contributed by atoms with Crippen LogP contribution < -0.4 is 11.1 Å². The van der Waals surface area contributed by atoms with Gasteiger partial charge in [0.25, 0.3) is 0 Å². The Labute approximate surface area is 128 Å². The molecule has 0 spiro atoms. The Kier molecular flexibility index (Phi) is 4.60. The average molecular weight is 288 g/mol. The number of nitrogens with one attached hydrogen (secondary N) is 1. The molecular formula is C18H28N2O. The molecule has 0 saturated heterocycles. The maximum Gasteiger partial charge on any atom is 0.243 e. The van der Waals surface area contributed by atoms with Crippen molar-refractivity contribution >= 4 is 11.6 Å². The van der Waals surface area contributed by atoms with E-state index in [1.807, 2.05) is 18.2 Å². The molecule has 2 rings (SSSR count). The number of amides is 1. The van der Waals surface area contributed by atoms with Gasteiger partial charge in [-0.05, 0) is 49.1 Å². The number of para-hydroxylation sites is 1. The third-order valence-electron chi connectivity index (χ3n) is 5.02. The number of hydrogen-bond acceptors (Lipinski definition) is 2. The first kappa shape index (κ1) is 15.9. The highest BCUT2D eigenvalue weighted by Gasteiger charge is 2.48. The molecule has 1 aromatic carbocycles. The van der Waals surface area contributed by atoms with E-state index in [1.165, 1.54) is 6.42 Å². The summed E-state index contributed by atoms with van der Waals surface area (Å²) >= 11 is 0. The van der Waals surface area contributed by atoms with Crippen LogP contribution in [0.4, 0.5) is 5.69 Å². The number of anilines is 1. The van der Waals surface area contributed by atoms with Gasteiger partial charge in [0.1, 0.15) is 5.54 Å². The summed E-state index contributed by atoms with van der Waals surface area (Å²) in [5.74, 6) is 1.02. The molecule has 1 aromatic rings. The number of carbonyl (C=O) groups is 1. The van der Waals surface area contributed by atoms with E-state index in [1.54, 1.807) is 0 Å². The first-order valence-electron chi connectivity index (χ1n) is 8.00. The molecule has 1 aliphatic carbocycles. The number of aryl methyl sites for hydroxylation is 1. The summed E-state index contributed by atoms with van der Waals surface area (Å²) in [6, 6.07) is 8.12. The summed E-state index contributed by atoms with van der Waals surface area (Å²) in [6.45, 7) is 8.66. The normalized spacial score (nSPS) is 29.4. The summed E-state index contributed by atoms with van der Waals surface area (Å²) in [7, 11) is 0. The maximum atomic E-state index is 12.4. The fraction of sp³-hybridized carbons (Fsp3) is 0.611. The highest BCUT2D eigenvalue weighted by Crippen LogP contribution is 2.43. The topological polar surface area (TPSA) is 55.1 Å². The van der Waals surface area contributed by atoms with Crippen LogP contribution in [0.1, 0.15) is 45.6 Å². The van der Waals surface area contributed by atoms with Crippen LogP contribution in [0.25, 0.3) is 0 Å². The predicted molar refractivity (Wildman–Crippen MR) is 88.1 cm³/mol. The van der Waals surface area contributed by atoms with Gasteiger partial charge in [-0.25, -0.2) is 0 Å². The first-order valence-corrected chi connectivity index (χ1v) is 8.00. The van der Waals surface area contributed by atoms with E-state index in [9.17, 15) is 4.79 Å². The molecule has 1 amide bonds. The van der Waals surface area contributed by atoms with Gasteiger partial charge in [0.2, 0.25) is 5.91 Å². The summed E-state index contributed by atoms with van der Waals surface area (Å²) in [6.07, 6.45) is 3.05. The Bertz CT molecular complexity index is 512. The molecule has 0 aliphatic heterocycles. The minimum atomic E-state index is -0.627. The van der Waals surface area contributed by atoms with Crippen LogP contribution in [0.3, 0.4) is 0 Å². The molecule has 0 heterocycles. The average Bonchev–Trinajstić information content (AvgIpc) is 2.41. The van der Waals surface area contributed by atoms with Crippen LogP contribution in [0.15, 0.2) is 24.3 Å². The Morgan fingerprint density at radius 1 is 1.33 bits per heavy atom. The molecule has 3 nitrogen and oxygen atoms in total. The third-order valence-corrected chi connectivity index (χ3v) is 5.02. The SMILES string of the molecule is Cc1ccccc1NC1(C(N)=O)CC(C)CCC1C(C)C. The van der Waals surface area contributed by atoms with Crippen LogP contribution in [0, 0.1) is 24.7 Å². The smallest absolute Gasteiger partial charge is 0.243 e. The van der Waals surface area contributed by atoms with Crippen LogP contribution in [0.5, 0.6) is 0 Å². The van der Waals surface area contributed by atoms with Crippen molar-refractivity contribution in [1.82, 2.24) is 0 Å². The fourth-order valence-corrected chi connectivity index (χ4v) is 3.86. The monoisotopic (exact) mass is 288 g/mol. The lowest BCUT2D eigenvalue weighted by Crippen LogP contribution is -2.60. The van der Waals surface area contributed by atoms with Crippen molar-refractivity contribution in [2.24, 2.45) is 23.5 Å². The van der Waals surface area contributed by atoms with Crippen molar-refractivity contribution in [3.05, 3.63) is 29.8 Å². The lowest BCUT2D eigenvalue weighted by atomic mass is 9.64. The standard InChI is InChI=1S/C18H28N2O/c1-12(2)15-10-9-13(3)11-18(15,17(19)21)20-16-8-6-5-7-14(16)4/h5-8,12-13,15,20H,9-11H2,1-4H3,(H2,19,21). The second kappa shape index (κ2) is 6.08. The highest BCUT2D eigenvalue weighted by atomic mass is 16.1. The molecule has 21 heavy (non-hydrogen) atoms. The van der Waals surface area contributed by atoms with Crippen LogP contribution in [0.2, 0.25) is 0 Å². The van der Waals surface area contributed by atoms with E-state index in [0.29, 0.717) is 11.8 Å². The summed E-state index contributed by atoms with van der Waals surface area (Å²) < 4.78 is 0. The Morgan fingerprint density at radius 2 is 2.00 bits per heavy atom. The Hall–Kier alpha value is -1.51. The fourth-order valence-electron chi connectivity index (χ4n) is 3.86. The third kappa shape index (κ3) is 3.07. The zero-order valence-electron chi connectivity index (χ0n) is 13.6. The summed E-state index contributed by atoms with van der Waals surface area (Å²) in [4.78, 5) is 12.4. The largest absolute Gasteiger partial charge is 0.371 e. The number of hydrogen-bond donors (Lipinski definition) is 2. The maximum absolute atomic E-state index is 12.4. The van der Waals surface area contributed by atoms with E-state index >= 15 is 0 Å². The Morgan fingerprint density at radius 3 is 2.57 bits per heavy atom. The van der Waals surface area contributed by atoms with Crippen molar-refractivity contribution in [2.45, 2.75) is 52.5 Å². The van der Waals surface area contributed by atoms with E-state index in [-0.39, 0.29) is 11.8 Å². The molecule has 1 saturated carbocycles. The minimum absolute atomic E-state index is 0.212. The summed E-state index contributed by atoms with van der Waals surface area (Å²) in [5.41, 5.74) is 7.44. The molecule has 3 N–H and O–H groups in total. The van der Waals surface area contributed by atoms with E-state index in [0.717, 1.165) is 24.1 Å². The highest BCUT2D eigenvalue weighted by molar-refractivity contribution is 5.89. The van der Waals surface area contributed by atoms with Gasteiger partial charge < -0.3 is 11.1 Å². The van der Waals surface area contributed by atoms with E-state index < -0.39 is 5.54 Å². The van der Waals surface area contributed by atoms with Gasteiger partial charge >= 0.3 is 0 Å². The number of nitrogens with two attached hydrogens (primary N) is 1. The second-order valence-electron chi connectivity index (χ2n) is 7.01. The van der Waals surface area contributed by atoms with Crippen molar-refractivity contribution in [3.8, 4) is 0 Å².